The Kier molecular flexibility index (Phi) is 5.89. The third kappa shape index (κ3) is 4.14. The van der Waals surface area contributed by atoms with E-state index in [1.165, 1.54) is 0 Å². The first kappa shape index (κ1) is 15.3. The van der Waals surface area contributed by atoms with E-state index in [0.29, 0.717) is 18.5 Å². The van der Waals surface area contributed by atoms with Gasteiger partial charge in [-0.25, -0.2) is 4.98 Å². The fraction of sp³-hybridized carbons (Fsp3) is 0.643. The van der Waals surface area contributed by atoms with Crippen LogP contribution >= 0.6 is 11.6 Å². The lowest BCUT2D eigenvalue weighted by atomic mass is 10.0. The van der Waals surface area contributed by atoms with Gasteiger partial charge in [0.15, 0.2) is 0 Å². The zero-order valence-electron chi connectivity index (χ0n) is 12.0. The number of hydrogen-bond acceptors (Lipinski definition) is 3. The maximum absolute atomic E-state index is 6.12. The number of halogens is 1. The predicted octanol–water partition coefficient (Wildman–Crippen LogP) is 3.33. The highest BCUT2D eigenvalue weighted by molar-refractivity contribution is 6.31. The normalized spacial score (nSPS) is 12.8. The van der Waals surface area contributed by atoms with E-state index in [2.05, 4.69) is 43.0 Å². The van der Waals surface area contributed by atoms with Gasteiger partial charge in [0.1, 0.15) is 5.82 Å². The van der Waals surface area contributed by atoms with E-state index in [9.17, 15) is 0 Å². The van der Waals surface area contributed by atoms with Crippen LogP contribution in [0, 0.1) is 5.92 Å². The van der Waals surface area contributed by atoms with Gasteiger partial charge in [-0.2, -0.15) is 0 Å². The molecule has 0 amide bonds. The molecular weight excluding hydrogens is 246 g/mol. The highest BCUT2D eigenvalue weighted by Crippen LogP contribution is 2.21. The summed E-state index contributed by atoms with van der Waals surface area (Å²) in [6.45, 7) is 7.41. The first-order valence-electron chi connectivity index (χ1n) is 6.48. The van der Waals surface area contributed by atoms with Crippen molar-refractivity contribution in [2.75, 3.05) is 19.0 Å². The molecule has 1 heterocycles. The summed E-state index contributed by atoms with van der Waals surface area (Å²) in [6.07, 6.45) is 1.15. The van der Waals surface area contributed by atoms with Gasteiger partial charge in [-0.1, -0.05) is 25.4 Å². The fourth-order valence-corrected chi connectivity index (χ4v) is 2.20. The molecule has 1 aromatic rings. The molecule has 1 unspecified atom stereocenters. The molecule has 0 bridgehead atoms. The minimum Gasteiger partial charge on any atom is -0.357 e. The molecular formula is C14H24ClN3. The predicted molar refractivity (Wildman–Crippen MR) is 79.3 cm³/mol. The quantitative estimate of drug-likeness (QED) is 0.859. The van der Waals surface area contributed by atoms with E-state index in [1.54, 1.807) is 0 Å². The Morgan fingerprint density at radius 2 is 2.00 bits per heavy atom. The highest BCUT2D eigenvalue weighted by Gasteiger charge is 2.14. The van der Waals surface area contributed by atoms with Crippen molar-refractivity contribution >= 4 is 17.4 Å². The third-order valence-electron chi connectivity index (χ3n) is 3.08. The molecule has 4 heteroatoms. The summed E-state index contributed by atoms with van der Waals surface area (Å²) in [5.41, 5.74) is 0.903. The van der Waals surface area contributed by atoms with Crippen LogP contribution in [-0.2, 0) is 6.54 Å². The van der Waals surface area contributed by atoms with Gasteiger partial charge in [0.2, 0.25) is 0 Å². The molecule has 0 saturated heterocycles. The molecule has 0 aliphatic carbocycles. The van der Waals surface area contributed by atoms with Gasteiger partial charge in [-0.05, 0) is 38.4 Å². The number of nitrogens with one attached hydrogen (secondary N) is 1. The lowest BCUT2D eigenvalue weighted by molar-refractivity contribution is 0.502. The van der Waals surface area contributed by atoms with Gasteiger partial charge in [-0.15, -0.1) is 0 Å². The van der Waals surface area contributed by atoms with Crippen LogP contribution in [0.2, 0.25) is 5.02 Å². The van der Waals surface area contributed by atoms with Crippen molar-refractivity contribution in [2.45, 2.75) is 39.8 Å². The van der Waals surface area contributed by atoms with Gasteiger partial charge in [-0.3, -0.25) is 0 Å². The second kappa shape index (κ2) is 6.95. The number of pyridine rings is 1. The number of aromatic nitrogens is 1. The fourth-order valence-electron chi connectivity index (χ4n) is 2.03. The molecule has 0 saturated carbocycles. The standard InChI is InChI=1S/C14H24ClN3/c1-10(2)8-11(3)18(5)14-7-6-12(15)13(17-14)9-16-4/h6-7,10-11,16H,8-9H2,1-5H3. The lowest BCUT2D eigenvalue weighted by Crippen LogP contribution is -2.31. The van der Waals surface area contributed by atoms with Gasteiger partial charge in [0, 0.05) is 19.6 Å². The molecule has 0 radical (unpaired) electrons. The van der Waals surface area contributed by atoms with Crippen LogP contribution in [-0.4, -0.2) is 25.1 Å². The number of rotatable bonds is 6. The summed E-state index contributed by atoms with van der Waals surface area (Å²) in [4.78, 5) is 6.84. The Bertz CT molecular complexity index is 379. The molecule has 1 atom stereocenters. The van der Waals surface area contributed by atoms with Crippen LogP contribution in [0.4, 0.5) is 5.82 Å². The van der Waals surface area contributed by atoms with Crippen molar-refractivity contribution in [1.29, 1.82) is 0 Å². The summed E-state index contributed by atoms with van der Waals surface area (Å²) in [5.74, 6) is 1.67. The Balaban J connectivity index is 2.85. The van der Waals surface area contributed by atoms with E-state index in [4.69, 9.17) is 11.6 Å². The lowest BCUT2D eigenvalue weighted by Gasteiger charge is -2.27. The van der Waals surface area contributed by atoms with Gasteiger partial charge < -0.3 is 10.2 Å². The second-order valence-electron chi connectivity index (χ2n) is 5.22. The monoisotopic (exact) mass is 269 g/mol. The summed E-state index contributed by atoms with van der Waals surface area (Å²) < 4.78 is 0. The molecule has 18 heavy (non-hydrogen) atoms. The minimum atomic E-state index is 0.473. The van der Waals surface area contributed by atoms with Crippen molar-refractivity contribution in [3.05, 3.63) is 22.8 Å². The Hall–Kier alpha value is -0.800. The molecule has 3 nitrogen and oxygen atoms in total. The molecule has 0 aromatic carbocycles. The van der Waals surface area contributed by atoms with Crippen molar-refractivity contribution in [2.24, 2.45) is 5.92 Å². The molecule has 102 valence electrons. The number of anilines is 1. The van der Waals surface area contributed by atoms with Gasteiger partial charge in [0.25, 0.3) is 0 Å². The van der Waals surface area contributed by atoms with Crippen LogP contribution < -0.4 is 10.2 Å². The molecule has 1 N–H and O–H groups in total. The van der Waals surface area contributed by atoms with Crippen LogP contribution in [0.1, 0.15) is 32.9 Å². The second-order valence-corrected chi connectivity index (χ2v) is 5.62. The average molecular weight is 270 g/mol. The molecule has 1 aromatic heterocycles. The third-order valence-corrected chi connectivity index (χ3v) is 3.43. The molecule has 1 rings (SSSR count). The van der Waals surface area contributed by atoms with Crippen molar-refractivity contribution in [1.82, 2.24) is 10.3 Å². The Morgan fingerprint density at radius 3 is 2.56 bits per heavy atom. The SMILES string of the molecule is CNCc1nc(N(C)C(C)CC(C)C)ccc1Cl. The maximum Gasteiger partial charge on any atom is 0.128 e. The zero-order chi connectivity index (χ0) is 13.7. The largest absolute Gasteiger partial charge is 0.357 e. The van der Waals surface area contributed by atoms with Crippen LogP contribution in [0.15, 0.2) is 12.1 Å². The van der Waals surface area contributed by atoms with E-state index in [-0.39, 0.29) is 0 Å². The smallest absolute Gasteiger partial charge is 0.128 e. The van der Waals surface area contributed by atoms with E-state index >= 15 is 0 Å². The summed E-state index contributed by atoms with van der Waals surface area (Å²) in [5, 5.41) is 3.81. The maximum atomic E-state index is 6.12. The van der Waals surface area contributed by atoms with Gasteiger partial charge in [0.05, 0.1) is 10.7 Å². The summed E-state index contributed by atoms with van der Waals surface area (Å²) in [7, 11) is 3.99. The first-order valence-corrected chi connectivity index (χ1v) is 6.86. The van der Waals surface area contributed by atoms with E-state index in [0.717, 1.165) is 23.0 Å². The van der Waals surface area contributed by atoms with E-state index in [1.807, 2.05) is 19.2 Å². The number of nitrogens with zero attached hydrogens (tertiary/aromatic N) is 2. The summed E-state index contributed by atoms with van der Waals surface area (Å²) in [6, 6.07) is 4.38. The topological polar surface area (TPSA) is 28.2 Å². The van der Waals surface area contributed by atoms with Crippen LogP contribution in [0.5, 0.6) is 0 Å². The zero-order valence-corrected chi connectivity index (χ0v) is 12.8. The molecule has 0 aliphatic rings. The molecule has 0 aliphatic heterocycles. The van der Waals surface area contributed by atoms with Crippen molar-refractivity contribution < 1.29 is 0 Å². The highest BCUT2D eigenvalue weighted by atomic mass is 35.5. The van der Waals surface area contributed by atoms with Crippen molar-refractivity contribution in [3.63, 3.8) is 0 Å². The summed E-state index contributed by atoms with van der Waals surface area (Å²) >= 11 is 6.12. The van der Waals surface area contributed by atoms with Crippen LogP contribution in [0.25, 0.3) is 0 Å². The Labute approximate surface area is 116 Å². The Morgan fingerprint density at radius 1 is 1.33 bits per heavy atom. The van der Waals surface area contributed by atoms with E-state index < -0.39 is 0 Å². The van der Waals surface area contributed by atoms with Crippen LogP contribution in [0.3, 0.4) is 0 Å². The number of hydrogen-bond donors (Lipinski definition) is 1. The molecule has 0 fully saturated rings. The molecule has 0 spiro atoms. The first-order chi connectivity index (χ1) is 8.45. The van der Waals surface area contributed by atoms with Gasteiger partial charge >= 0.3 is 0 Å². The average Bonchev–Trinajstić information content (AvgIpc) is 2.30. The van der Waals surface area contributed by atoms with Crippen molar-refractivity contribution in [3.8, 4) is 0 Å². The minimum absolute atomic E-state index is 0.473.